The van der Waals surface area contributed by atoms with Crippen molar-refractivity contribution in [1.29, 1.82) is 0 Å². The van der Waals surface area contributed by atoms with Crippen LogP contribution in [0.4, 0.5) is 11.4 Å². The number of benzene rings is 2. The normalized spacial score (nSPS) is 15.7. The molecule has 1 aromatic heterocycles. The molecule has 10 heteroatoms. The van der Waals surface area contributed by atoms with Crippen LogP contribution in [0.1, 0.15) is 47.9 Å². The first-order chi connectivity index (χ1) is 16.7. The fraction of sp³-hybridized carbons (Fsp3) is 0.240. The van der Waals surface area contributed by atoms with Crippen molar-refractivity contribution in [2.45, 2.75) is 38.8 Å². The molecule has 2 heterocycles. The average Bonchev–Trinajstić information content (AvgIpc) is 3.44. The smallest absolute Gasteiger partial charge is 0.288 e. The van der Waals surface area contributed by atoms with Gasteiger partial charge in [0.05, 0.1) is 29.8 Å². The number of amides is 3. The van der Waals surface area contributed by atoms with E-state index in [1.165, 1.54) is 23.3 Å². The number of carbonyl (C=O) groups is 3. The number of nitro groups is 1. The zero-order valence-electron chi connectivity index (χ0n) is 19.0. The number of nitro benzene ring substituents is 1. The fourth-order valence-electron chi connectivity index (χ4n) is 3.98. The third-order valence-corrected chi connectivity index (χ3v) is 6.19. The Balaban J connectivity index is 1.68. The van der Waals surface area contributed by atoms with Crippen LogP contribution in [0, 0.1) is 10.1 Å². The summed E-state index contributed by atoms with van der Waals surface area (Å²) in [6, 6.07) is 12.9. The Labute approximate surface area is 206 Å². The topological polar surface area (TPSA) is 114 Å². The summed E-state index contributed by atoms with van der Waals surface area (Å²) in [7, 11) is 0. The SMILES string of the molecule is CC(C)c1ccc(N2C(=O)CC(N(Cc3ccco3)C(=O)c3ccc(Cl)c([N+](=O)[O-])c3)C2=O)cc1. The van der Waals surface area contributed by atoms with Gasteiger partial charge in [-0.1, -0.05) is 37.6 Å². The van der Waals surface area contributed by atoms with Crippen LogP contribution in [-0.2, 0) is 16.1 Å². The molecule has 3 aromatic rings. The number of hydrogen-bond acceptors (Lipinski definition) is 6. The summed E-state index contributed by atoms with van der Waals surface area (Å²) in [4.78, 5) is 52.7. The predicted molar refractivity (Wildman–Crippen MR) is 128 cm³/mol. The van der Waals surface area contributed by atoms with Gasteiger partial charge < -0.3 is 9.32 Å². The highest BCUT2D eigenvalue weighted by atomic mass is 35.5. The molecule has 2 aromatic carbocycles. The van der Waals surface area contributed by atoms with Crippen LogP contribution in [0.5, 0.6) is 0 Å². The second-order valence-corrected chi connectivity index (χ2v) is 8.88. The molecule has 4 rings (SSSR count). The van der Waals surface area contributed by atoms with E-state index in [0.29, 0.717) is 11.4 Å². The zero-order chi connectivity index (χ0) is 25.3. The Morgan fingerprint density at radius 1 is 1.20 bits per heavy atom. The molecule has 1 atom stereocenters. The highest BCUT2D eigenvalue weighted by Gasteiger charge is 2.45. The van der Waals surface area contributed by atoms with Crippen molar-refractivity contribution < 1.29 is 23.7 Å². The fourth-order valence-corrected chi connectivity index (χ4v) is 4.17. The van der Waals surface area contributed by atoms with Crippen LogP contribution in [0.25, 0.3) is 0 Å². The molecule has 9 nitrogen and oxygen atoms in total. The highest BCUT2D eigenvalue weighted by Crippen LogP contribution is 2.31. The molecule has 0 bridgehead atoms. The van der Waals surface area contributed by atoms with Crippen molar-refractivity contribution in [2.75, 3.05) is 4.90 Å². The lowest BCUT2D eigenvalue weighted by molar-refractivity contribution is -0.384. The molecule has 0 radical (unpaired) electrons. The first-order valence-corrected chi connectivity index (χ1v) is 11.3. The molecule has 1 fully saturated rings. The minimum absolute atomic E-state index is 0.0346. The molecule has 1 saturated heterocycles. The van der Waals surface area contributed by atoms with Gasteiger partial charge in [-0.2, -0.15) is 0 Å². The lowest BCUT2D eigenvalue weighted by Gasteiger charge is -2.27. The van der Waals surface area contributed by atoms with Gasteiger partial charge in [0.2, 0.25) is 5.91 Å². The molecular formula is C25H22ClN3O6. The Kier molecular flexibility index (Phi) is 6.70. The van der Waals surface area contributed by atoms with Crippen molar-refractivity contribution in [2.24, 2.45) is 0 Å². The van der Waals surface area contributed by atoms with E-state index in [9.17, 15) is 24.5 Å². The third kappa shape index (κ3) is 4.81. The van der Waals surface area contributed by atoms with Crippen LogP contribution in [0.15, 0.2) is 65.3 Å². The van der Waals surface area contributed by atoms with Crippen LogP contribution in [0.3, 0.4) is 0 Å². The van der Waals surface area contributed by atoms with Crippen molar-refractivity contribution in [1.82, 2.24) is 4.90 Å². The van der Waals surface area contributed by atoms with E-state index in [1.54, 1.807) is 24.3 Å². The summed E-state index contributed by atoms with van der Waals surface area (Å²) in [6.07, 6.45) is 1.20. The van der Waals surface area contributed by atoms with Gasteiger partial charge in [-0.15, -0.1) is 0 Å². The maximum atomic E-state index is 13.5. The molecule has 1 aliphatic heterocycles. The monoisotopic (exact) mass is 495 g/mol. The number of nitrogens with zero attached hydrogens (tertiary/aromatic N) is 3. The van der Waals surface area contributed by atoms with Crippen molar-refractivity contribution in [3.63, 3.8) is 0 Å². The van der Waals surface area contributed by atoms with Gasteiger partial charge >= 0.3 is 0 Å². The van der Waals surface area contributed by atoms with E-state index in [2.05, 4.69) is 0 Å². The Hall–Kier alpha value is -3.98. The highest BCUT2D eigenvalue weighted by molar-refractivity contribution is 6.32. The summed E-state index contributed by atoms with van der Waals surface area (Å²) in [5.41, 5.74) is 1.01. The lowest BCUT2D eigenvalue weighted by Crippen LogP contribution is -2.45. The zero-order valence-corrected chi connectivity index (χ0v) is 19.8. The number of imide groups is 1. The van der Waals surface area contributed by atoms with Crippen molar-refractivity contribution >= 4 is 40.7 Å². The van der Waals surface area contributed by atoms with Crippen molar-refractivity contribution in [3.8, 4) is 0 Å². The van der Waals surface area contributed by atoms with E-state index in [-0.39, 0.29) is 29.5 Å². The lowest BCUT2D eigenvalue weighted by atomic mass is 10.0. The van der Waals surface area contributed by atoms with Gasteiger partial charge in [0.15, 0.2) is 0 Å². The van der Waals surface area contributed by atoms with Crippen molar-refractivity contribution in [3.05, 3.63) is 92.9 Å². The molecule has 1 aliphatic rings. The van der Waals surface area contributed by atoms with Crippen LogP contribution >= 0.6 is 11.6 Å². The summed E-state index contributed by atoms with van der Waals surface area (Å²) in [6.45, 7) is 3.97. The van der Waals surface area contributed by atoms with Gasteiger partial charge in [-0.25, -0.2) is 4.90 Å². The van der Waals surface area contributed by atoms with E-state index in [4.69, 9.17) is 16.0 Å². The maximum absolute atomic E-state index is 13.5. The summed E-state index contributed by atoms with van der Waals surface area (Å²) in [5.74, 6) is -0.995. The predicted octanol–water partition coefficient (Wildman–Crippen LogP) is 4.94. The molecule has 1 unspecified atom stereocenters. The third-order valence-electron chi connectivity index (χ3n) is 5.87. The molecular weight excluding hydrogens is 474 g/mol. The minimum Gasteiger partial charge on any atom is -0.467 e. The summed E-state index contributed by atoms with van der Waals surface area (Å²) >= 11 is 5.89. The second-order valence-electron chi connectivity index (χ2n) is 8.47. The number of rotatable bonds is 7. The van der Waals surface area contributed by atoms with E-state index >= 15 is 0 Å². The van der Waals surface area contributed by atoms with Gasteiger partial charge in [0, 0.05) is 11.6 Å². The molecule has 180 valence electrons. The van der Waals surface area contributed by atoms with E-state index in [0.717, 1.165) is 16.5 Å². The van der Waals surface area contributed by atoms with Crippen LogP contribution in [-0.4, -0.2) is 33.6 Å². The molecule has 0 N–H and O–H groups in total. The molecule has 3 amide bonds. The van der Waals surface area contributed by atoms with E-state index in [1.807, 2.05) is 26.0 Å². The molecule has 0 spiro atoms. The Morgan fingerprint density at radius 3 is 2.51 bits per heavy atom. The molecule has 0 aliphatic carbocycles. The largest absolute Gasteiger partial charge is 0.467 e. The van der Waals surface area contributed by atoms with Crippen LogP contribution in [0.2, 0.25) is 5.02 Å². The van der Waals surface area contributed by atoms with Gasteiger partial charge in [0.25, 0.3) is 17.5 Å². The Bertz CT molecular complexity index is 1290. The van der Waals surface area contributed by atoms with Crippen LogP contribution < -0.4 is 4.90 Å². The second kappa shape index (κ2) is 9.71. The molecule has 0 saturated carbocycles. The number of hydrogen-bond donors (Lipinski definition) is 0. The Morgan fingerprint density at radius 2 is 1.91 bits per heavy atom. The van der Waals surface area contributed by atoms with Gasteiger partial charge in [-0.05, 0) is 47.9 Å². The average molecular weight is 496 g/mol. The quantitative estimate of drug-likeness (QED) is 0.260. The number of furan rings is 1. The minimum atomic E-state index is -1.11. The summed E-state index contributed by atoms with van der Waals surface area (Å²) < 4.78 is 5.37. The first-order valence-electron chi connectivity index (χ1n) is 10.9. The number of anilines is 1. The number of halogens is 1. The van der Waals surface area contributed by atoms with E-state index < -0.39 is 34.4 Å². The maximum Gasteiger partial charge on any atom is 0.288 e. The molecule has 35 heavy (non-hydrogen) atoms. The van der Waals surface area contributed by atoms with Gasteiger partial charge in [-0.3, -0.25) is 24.5 Å². The standard InChI is InChI=1S/C25H22ClN3O6/c1-15(2)16-5-8-18(9-6-16)28-23(30)13-22(25(28)32)27(14-19-4-3-11-35-19)24(31)17-7-10-20(26)21(12-17)29(33)34/h3-12,15,22H,13-14H2,1-2H3. The first kappa shape index (κ1) is 24.2. The number of carbonyl (C=O) groups excluding carboxylic acids is 3. The van der Waals surface area contributed by atoms with Gasteiger partial charge in [0.1, 0.15) is 16.8 Å². The summed E-state index contributed by atoms with van der Waals surface area (Å²) in [5, 5.41) is 11.2.